The molecule has 0 bridgehead atoms. The first kappa shape index (κ1) is 23.1. The molecule has 2 aromatic heterocycles. The molecular weight excluding hydrogens is 396 g/mol. The lowest BCUT2D eigenvalue weighted by Gasteiger charge is -2.30. The van der Waals surface area contributed by atoms with Gasteiger partial charge in [-0.3, -0.25) is 9.69 Å². The monoisotopic (exact) mass is 428 g/mol. The van der Waals surface area contributed by atoms with Gasteiger partial charge in [0.05, 0.1) is 24.7 Å². The van der Waals surface area contributed by atoms with E-state index in [0.29, 0.717) is 38.2 Å². The maximum atomic E-state index is 12.9. The van der Waals surface area contributed by atoms with Gasteiger partial charge in [0, 0.05) is 32.4 Å². The SMILES string of the molecule is CC[C@@H](c1nnnn1CCOC)N(CCCO)Cc1cc2cc(C)cc(C)c2[nH]c1=O. The lowest BCUT2D eigenvalue weighted by molar-refractivity contribution is 0.145. The van der Waals surface area contributed by atoms with E-state index in [0.717, 1.165) is 34.3 Å². The Hall–Kier alpha value is -2.62. The number of nitrogens with one attached hydrogen (secondary N) is 1. The first-order valence-electron chi connectivity index (χ1n) is 10.7. The number of nitrogens with zero attached hydrogens (tertiary/aromatic N) is 5. The molecule has 0 fully saturated rings. The van der Waals surface area contributed by atoms with Crippen LogP contribution in [0.25, 0.3) is 10.9 Å². The van der Waals surface area contributed by atoms with Crippen molar-refractivity contribution in [3.63, 3.8) is 0 Å². The van der Waals surface area contributed by atoms with E-state index in [1.807, 2.05) is 13.0 Å². The summed E-state index contributed by atoms with van der Waals surface area (Å²) in [7, 11) is 1.64. The molecule has 9 heteroatoms. The van der Waals surface area contributed by atoms with Crippen molar-refractivity contribution in [3.05, 3.63) is 51.1 Å². The number of H-pyrrole nitrogens is 1. The number of rotatable bonds is 11. The van der Waals surface area contributed by atoms with Crippen molar-refractivity contribution < 1.29 is 9.84 Å². The van der Waals surface area contributed by atoms with Crippen LogP contribution in [0.15, 0.2) is 23.0 Å². The molecule has 0 saturated heterocycles. The molecule has 0 amide bonds. The summed E-state index contributed by atoms with van der Waals surface area (Å²) in [5.74, 6) is 0.737. The van der Waals surface area contributed by atoms with Crippen LogP contribution in [0.2, 0.25) is 0 Å². The van der Waals surface area contributed by atoms with Crippen LogP contribution >= 0.6 is 0 Å². The maximum absolute atomic E-state index is 12.9. The van der Waals surface area contributed by atoms with Gasteiger partial charge >= 0.3 is 0 Å². The molecule has 0 aliphatic carbocycles. The molecule has 2 N–H and O–H groups in total. The summed E-state index contributed by atoms with van der Waals surface area (Å²) in [6.45, 7) is 8.33. The zero-order valence-corrected chi connectivity index (χ0v) is 18.8. The van der Waals surface area contributed by atoms with Gasteiger partial charge in [-0.15, -0.1) is 5.10 Å². The van der Waals surface area contributed by atoms with Crippen molar-refractivity contribution in [1.29, 1.82) is 0 Å². The average molecular weight is 429 g/mol. The van der Waals surface area contributed by atoms with Gasteiger partial charge in [-0.1, -0.05) is 18.6 Å². The normalized spacial score (nSPS) is 12.7. The summed E-state index contributed by atoms with van der Waals surface area (Å²) in [6.07, 6.45) is 1.36. The molecule has 3 aromatic rings. The predicted molar refractivity (Wildman–Crippen MR) is 119 cm³/mol. The summed E-state index contributed by atoms with van der Waals surface area (Å²) in [6, 6.07) is 6.04. The molecule has 1 atom stereocenters. The molecule has 3 rings (SSSR count). The first-order valence-corrected chi connectivity index (χ1v) is 10.7. The molecule has 0 spiro atoms. The number of benzene rings is 1. The number of aryl methyl sites for hydroxylation is 2. The minimum absolute atomic E-state index is 0.0774. The summed E-state index contributed by atoms with van der Waals surface area (Å²) < 4.78 is 6.92. The van der Waals surface area contributed by atoms with E-state index in [9.17, 15) is 9.90 Å². The largest absolute Gasteiger partial charge is 0.396 e. The van der Waals surface area contributed by atoms with Gasteiger partial charge in [-0.05, 0) is 60.2 Å². The minimum Gasteiger partial charge on any atom is -0.396 e. The summed E-state index contributed by atoms with van der Waals surface area (Å²) in [4.78, 5) is 18.1. The lowest BCUT2D eigenvalue weighted by atomic mass is 10.0. The summed E-state index contributed by atoms with van der Waals surface area (Å²) >= 11 is 0. The Kier molecular flexibility index (Phi) is 7.89. The fraction of sp³-hybridized carbons (Fsp3) is 0.545. The van der Waals surface area contributed by atoms with Crippen molar-refractivity contribution in [2.45, 2.75) is 52.7 Å². The molecule has 31 heavy (non-hydrogen) atoms. The number of fused-ring (bicyclic) bond motifs is 1. The molecule has 1 aromatic carbocycles. The zero-order chi connectivity index (χ0) is 22.4. The fourth-order valence-corrected chi connectivity index (χ4v) is 4.08. The molecule has 9 nitrogen and oxygen atoms in total. The highest BCUT2D eigenvalue weighted by atomic mass is 16.5. The van der Waals surface area contributed by atoms with Crippen LogP contribution < -0.4 is 5.56 Å². The maximum Gasteiger partial charge on any atom is 0.252 e. The van der Waals surface area contributed by atoms with Gasteiger partial charge in [0.25, 0.3) is 5.56 Å². The molecule has 2 heterocycles. The standard InChI is InChI=1S/C22H32N6O3/c1-5-19(21-24-25-26-28(21)8-10-31-4)27(7-6-9-29)14-18-13-17-12-15(2)11-16(3)20(17)23-22(18)30/h11-13,19,29H,5-10,14H2,1-4H3,(H,23,30)/t19-/m0/s1. The fourth-order valence-electron chi connectivity index (χ4n) is 4.08. The van der Waals surface area contributed by atoms with Crippen LogP contribution in [0.3, 0.4) is 0 Å². The van der Waals surface area contributed by atoms with Crippen LogP contribution in [-0.2, 0) is 17.8 Å². The quantitative estimate of drug-likeness (QED) is 0.481. The smallest absolute Gasteiger partial charge is 0.252 e. The second kappa shape index (κ2) is 10.6. The zero-order valence-electron chi connectivity index (χ0n) is 18.8. The molecule has 0 saturated carbocycles. The molecule has 0 aliphatic heterocycles. The number of aliphatic hydroxyl groups is 1. The minimum atomic E-state index is -0.0951. The van der Waals surface area contributed by atoms with Crippen molar-refractivity contribution in [2.75, 3.05) is 26.9 Å². The third-order valence-electron chi connectivity index (χ3n) is 5.54. The summed E-state index contributed by atoms with van der Waals surface area (Å²) in [5.41, 5.74) is 3.67. The van der Waals surface area contributed by atoms with E-state index in [2.05, 4.69) is 51.4 Å². The van der Waals surface area contributed by atoms with E-state index >= 15 is 0 Å². The number of tetrazole rings is 1. The highest BCUT2D eigenvalue weighted by Gasteiger charge is 2.25. The number of hydrogen-bond acceptors (Lipinski definition) is 7. The van der Waals surface area contributed by atoms with Crippen LogP contribution in [-0.4, -0.2) is 62.1 Å². The second-order valence-electron chi connectivity index (χ2n) is 7.89. The van der Waals surface area contributed by atoms with Crippen molar-refractivity contribution in [1.82, 2.24) is 30.1 Å². The topological polar surface area (TPSA) is 109 Å². The highest BCUT2D eigenvalue weighted by Crippen LogP contribution is 2.25. The van der Waals surface area contributed by atoms with E-state index in [1.165, 1.54) is 0 Å². The van der Waals surface area contributed by atoms with Gasteiger partial charge in [-0.25, -0.2) is 4.68 Å². The van der Waals surface area contributed by atoms with Gasteiger partial charge in [0.15, 0.2) is 5.82 Å². The lowest BCUT2D eigenvalue weighted by Crippen LogP contribution is -2.34. The van der Waals surface area contributed by atoms with Crippen molar-refractivity contribution in [3.8, 4) is 0 Å². The molecular formula is C22H32N6O3. The van der Waals surface area contributed by atoms with E-state index < -0.39 is 0 Å². The Bertz CT molecular complexity index is 1060. The van der Waals surface area contributed by atoms with Crippen molar-refractivity contribution >= 4 is 10.9 Å². The highest BCUT2D eigenvalue weighted by molar-refractivity contribution is 5.82. The molecule has 168 valence electrons. The number of methoxy groups -OCH3 is 1. The number of aromatic nitrogens is 5. The predicted octanol–water partition coefficient (Wildman–Crippen LogP) is 2.11. The van der Waals surface area contributed by atoms with E-state index in [4.69, 9.17) is 4.74 Å². The number of aliphatic hydroxyl groups excluding tert-OH is 1. The Morgan fingerprint density at radius 3 is 2.81 bits per heavy atom. The number of pyridine rings is 1. The Morgan fingerprint density at radius 2 is 2.10 bits per heavy atom. The average Bonchev–Trinajstić information content (AvgIpc) is 3.20. The third kappa shape index (κ3) is 5.36. The molecule has 0 unspecified atom stereocenters. The van der Waals surface area contributed by atoms with Crippen molar-refractivity contribution in [2.24, 2.45) is 0 Å². The summed E-state index contributed by atoms with van der Waals surface area (Å²) in [5, 5.41) is 22.7. The van der Waals surface area contributed by atoms with Gasteiger partial charge in [0.2, 0.25) is 0 Å². The van der Waals surface area contributed by atoms with E-state index in [-0.39, 0.29) is 18.2 Å². The number of ether oxygens (including phenoxy) is 1. The van der Waals surface area contributed by atoms with Gasteiger partial charge < -0.3 is 14.8 Å². The molecule has 0 radical (unpaired) electrons. The van der Waals surface area contributed by atoms with Gasteiger partial charge in [0.1, 0.15) is 0 Å². The second-order valence-corrected chi connectivity index (χ2v) is 7.89. The van der Waals surface area contributed by atoms with Gasteiger partial charge in [-0.2, -0.15) is 0 Å². The van der Waals surface area contributed by atoms with Crippen LogP contribution in [0.5, 0.6) is 0 Å². The molecule has 0 aliphatic rings. The Morgan fingerprint density at radius 1 is 1.29 bits per heavy atom. The van der Waals surface area contributed by atoms with E-state index in [1.54, 1.807) is 11.8 Å². The van der Waals surface area contributed by atoms with Crippen LogP contribution in [0.1, 0.15) is 48.3 Å². The van der Waals surface area contributed by atoms with Crippen LogP contribution in [0, 0.1) is 13.8 Å². The first-order chi connectivity index (χ1) is 15.0. The Labute approximate surface area is 182 Å². The number of aromatic amines is 1. The Balaban J connectivity index is 1.96. The third-order valence-corrected chi connectivity index (χ3v) is 5.54. The number of hydrogen-bond donors (Lipinski definition) is 2. The van der Waals surface area contributed by atoms with Crippen LogP contribution in [0.4, 0.5) is 0 Å².